The van der Waals surface area contributed by atoms with Gasteiger partial charge in [-0.25, -0.2) is 13.2 Å². The van der Waals surface area contributed by atoms with Crippen LogP contribution in [0.1, 0.15) is 29.4 Å². The molecule has 2 nitrogen and oxygen atoms in total. The number of aromatic nitrogens is 1. The van der Waals surface area contributed by atoms with Gasteiger partial charge in [0.25, 0.3) is 6.43 Å². The second-order valence-electron chi connectivity index (χ2n) is 4.15. The first kappa shape index (κ1) is 14.7. The maximum Gasteiger partial charge on any atom is 0.266 e. The predicted octanol–water partition coefficient (Wildman–Crippen LogP) is 4.79. The Hall–Kier alpha value is -1.69. The van der Waals surface area contributed by atoms with E-state index in [1.165, 1.54) is 19.2 Å². The van der Waals surface area contributed by atoms with E-state index in [0.717, 1.165) is 12.1 Å². The molecule has 2 aromatic rings. The van der Waals surface area contributed by atoms with Gasteiger partial charge in [0.15, 0.2) is 5.78 Å². The van der Waals surface area contributed by atoms with Crippen molar-refractivity contribution in [3.8, 4) is 11.1 Å². The van der Waals surface area contributed by atoms with Crippen molar-refractivity contribution in [2.24, 2.45) is 0 Å². The summed E-state index contributed by atoms with van der Waals surface area (Å²) < 4.78 is 39.0. The molecule has 0 aliphatic carbocycles. The number of carbonyl (C=O) groups excluding carboxylic acids is 1. The summed E-state index contributed by atoms with van der Waals surface area (Å²) in [6.07, 6.45) is -1.49. The number of pyridine rings is 1. The van der Waals surface area contributed by atoms with Crippen LogP contribution in [0.3, 0.4) is 0 Å². The molecule has 1 aromatic carbocycles. The van der Waals surface area contributed by atoms with Crippen LogP contribution in [0.25, 0.3) is 11.1 Å². The van der Waals surface area contributed by atoms with Crippen molar-refractivity contribution in [3.63, 3.8) is 0 Å². The minimum Gasteiger partial charge on any atom is -0.293 e. The molecule has 1 heterocycles. The summed E-state index contributed by atoms with van der Waals surface area (Å²) in [5, 5.41) is 0. The number of nitrogens with zero attached hydrogens (tertiary/aromatic N) is 1. The van der Waals surface area contributed by atoms with E-state index in [2.05, 4.69) is 20.9 Å². The van der Waals surface area contributed by atoms with Crippen molar-refractivity contribution < 1.29 is 18.0 Å². The standard InChI is InChI=1S/C14H9BrF3NO/c1-7(20)13-11(15)5-9(6-19-13)8-2-3-12(16)10(4-8)14(17)18/h2-6,14H,1H3. The number of benzene rings is 1. The molecule has 20 heavy (non-hydrogen) atoms. The molecule has 6 heteroatoms. The lowest BCUT2D eigenvalue weighted by Crippen LogP contribution is -1.98. The summed E-state index contributed by atoms with van der Waals surface area (Å²) in [4.78, 5) is 15.2. The highest BCUT2D eigenvalue weighted by Gasteiger charge is 2.15. The van der Waals surface area contributed by atoms with Gasteiger partial charge in [-0.3, -0.25) is 9.78 Å². The fraction of sp³-hybridized carbons (Fsp3) is 0.143. The van der Waals surface area contributed by atoms with Crippen LogP contribution in [-0.2, 0) is 0 Å². The van der Waals surface area contributed by atoms with Crippen molar-refractivity contribution in [3.05, 3.63) is 52.0 Å². The number of carbonyl (C=O) groups is 1. The Bertz CT molecular complexity index is 673. The van der Waals surface area contributed by atoms with E-state index in [0.29, 0.717) is 15.6 Å². The molecule has 0 atom stereocenters. The molecular formula is C14H9BrF3NO. The lowest BCUT2D eigenvalue weighted by Gasteiger charge is -2.08. The SMILES string of the molecule is CC(=O)c1ncc(-c2ccc(F)c(C(F)F)c2)cc1Br. The van der Waals surface area contributed by atoms with Crippen molar-refractivity contribution in [1.82, 2.24) is 4.98 Å². The van der Waals surface area contributed by atoms with Crippen molar-refractivity contribution in [2.75, 3.05) is 0 Å². The van der Waals surface area contributed by atoms with Crippen LogP contribution >= 0.6 is 15.9 Å². The average molecular weight is 344 g/mol. The Labute approximate surface area is 121 Å². The predicted molar refractivity (Wildman–Crippen MR) is 72.3 cm³/mol. The average Bonchev–Trinajstić information content (AvgIpc) is 2.38. The first-order valence-corrected chi connectivity index (χ1v) is 6.44. The van der Waals surface area contributed by atoms with Gasteiger partial charge >= 0.3 is 0 Å². The van der Waals surface area contributed by atoms with Crippen LogP contribution in [0.15, 0.2) is 34.9 Å². The highest BCUT2D eigenvalue weighted by atomic mass is 79.9. The minimum absolute atomic E-state index is 0.212. The molecule has 0 aliphatic heterocycles. The van der Waals surface area contributed by atoms with E-state index >= 15 is 0 Å². The molecule has 2 rings (SSSR count). The van der Waals surface area contributed by atoms with Gasteiger partial charge in [0.2, 0.25) is 0 Å². The van der Waals surface area contributed by atoms with Gasteiger partial charge in [0.1, 0.15) is 11.5 Å². The molecule has 1 aromatic heterocycles. The fourth-order valence-corrected chi connectivity index (χ4v) is 2.37. The van der Waals surface area contributed by atoms with Gasteiger partial charge in [-0.1, -0.05) is 6.07 Å². The Kier molecular flexibility index (Phi) is 4.23. The van der Waals surface area contributed by atoms with Crippen LogP contribution in [0.5, 0.6) is 0 Å². The highest BCUT2D eigenvalue weighted by molar-refractivity contribution is 9.10. The maximum absolute atomic E-state index is 13.2. The van der Waals surface area contributed by atoms with Gasteiger partial charge in [0, 0.05) is 23.2 Å². The number of halogens is 4. The second-order valence-corrected chi connectivity index (χ2v) is 5.00. The van der Waals surface area contributed by atoms with Gasteiger partial charge < -0.3 is 0 Å². The summed E-state index contributed by atoms with van der Waals surface area (Å²) in [6.45, 7) is 1.37. The first-order valence-electron chi connectivity index (χ1n) is 5.64. The number of alkyl halides is 2. The Morgan fingerprint density at radius 1 is 1.25 bits per heavy atom. The molecule has 0 saturated heterocycles. The lowest BCUT2D eigenvalue weighted by atomic mass is 10.0. The molecule has 0 unspecified atom stereocenters. The number of ketones is 1. The summed E-state index contributed by atoms with van der Waals surface area (Å²) in [5.74, 6) is -1.16. The summed E-state index contributed by atoms with van der Waals surface area (Å²) in [7, 11) is 0. The number of rotatable bonds is 3. The van der Waals surface area contributed by atoms with Crippen molar-refractivity contribution >= 4 is 21.7 Å². The largest absolute Gasteiger partial charge is 0.293 e. The Morgan fingerprint density at radius 2 is 1.95 bits per heavy atom. The molecule has 0 aliphatic rings. The van der Waals surface area contributed by atoms with Gasteiger partial charge in [-0.05, 0) is 39.7 Å². The minimum atomic E-state index is -2.89. The van der Waals surface area contributed by atoms with E-state index in [9.17, 15) is 18.0 Å². The normalized spacial score (nSPS) is 10.9. The van der Waals surface area contributed by atoms with E-state index in [1.807, 2.05) is 0 Å². The van der Waals surface area contributed by atoms with Crippen LogP contribution in [0, 0.1) is 5.82 Å². The van der Waals surface area contributed by atoms with Gasteiger partial charge in [0.05, 0.1) is 5.56 Å². The second kappa shape index (κ2) is 5.75. The molecule has 0 amide bonds. The summed E-state index contributed by atoms with van der Waals surface area (Å²) in [5.41, 5.74) is 0.521. The zero-order valence-electron chi connectivity index (χ0n) is 10.3. The monoisotopic (exact) mass is 343 g/mol. The van der Waals surface area contributed by atoms with E-state index in [1.54, 1.807) is 6.07 Å². The quantitative estimate of drug-likeness (QED) is 0.750. The molecule has 104 valence electrons. The molecule has 0 radical (unpaired) electrons. The van der Waals surface area contributed by atoms with E-state index in [4.69, 9.17) is 0 Å². The molecular weight excluding hydrogens is 335 g/mol. The van der Waals surface area contributed by atoms with Gasteiger partial charge in [-0.15, -0.1) is 0 Å². The van der Waals surface area contributed by atoms with E-state index < -0.39 is 17.8 Å². The number of hydrogen-bond donors (Lipinski definition) is 0. The van der Waals surface area contributed by atoms with Crippen LogP contribution in [-0.4, -0.2) is 10.8 Å². The summed E-state index contributed by atoms with van der Waals surface area (Å²) in [6, 6.07) is 5.05. The lowest BCUT2D eigenvalue weighted by molar-refractivity contribution is 0.101. The van der Waals surface area contributed by atoms with Crippen LogP contribution in [0.2, 0.25) is 0 Å². The third kappa shape index (κ3) is 2.90. The fourth-order valence-electron chi connectivity index (χ4n) is 1.75. The summed E-state index contributed by atoms with van der Waals surface area (Å²) >= 11 is 3.20. The third-order valence-corrected chi connectivity index (χ3v) is 3.34. The molecule has 0 bridgehead atoms. The van der Waals surface area contributed by atoms with Crippen molar-refractivity contribution in [2.45, 2.75) is 13.3 Å². The smallest absolute Gasteiger partial charge is 0.266 e. The maximum atomic E-state index is 13.2. The van der Waals surface area contributed by atoms with Crippen LogP contribution < -0.4 is 0 Å². The molecule has 0 saturated carbocycles. The molecule has 0 fully saturated rings. The zero-order chi connectivity index (χ0) is 14.9. The van der Waals surface area contributed by atoms with E-state index in [-0.39, 0.29) is 11.5 Å². The Morgan fingerprint density at radius 3 is 2.50 bits per heavy atom. The third-order valence-electron chi connectivity index (χ3n) is 2.74. The van der Waals surface area contributed by atoms with Crippen LogP contribution in [0.4, 0.5) is 13.2 Å². The zero-order valence-corrected chi connectivity index (χ0v) is 11.9. The highest BCUT2D eigenvalue weighted by Crippen LogP contribution is 2.29. The Balaban J connectivity index is 2.49. The van der Waals surface area contributed by atoms with Crippen molar-refractivity contribution in [1.29, 1.82) is 0 Å². The number of hydrogen-bond acceptors (Lipinski definition) is 2. The molecule has 0 spiro atoms. The number of Topliss-reactive ketones (excluding diaryl/α,β-unsaturated/α-hetero) is 1. The topological polar surface area (TPSA) is 30.0 Å². The van der Waals surface area contributed by atoms with Gasteiger partial charge in [-0.2, -0.15) is 0 Å². The first-order chi connectivity index (χ1) is 9.40. The molecule has 0 N–H and O–H groups in total.